The van der Waals surface area contributed by atoms with E-state index in [4.69, 9.17) is 0 Å². The summed E-state index contributed by atoms with van der Waals surface area (Å²) in [7, 11) is 0.00850. The monoisotopic (exact) mass is 274 g/mol. The quantitative estimate of drug-likeness (QED) is 0.548. The van der Waals surface area contributed by atoms with E-state index in [1.807, 2.05) is 10.9 Å². The molecule has 0 radical (unpaired) electrons. The first kappa shape index (κ1) is 14.8. The Labute approximate surface area is 120 Å². The molecular weight excluding hydrogens is 247 g/mol. The van der Waals surface area contributed by atoms with E-state index in [0.29, 0.717) is 0 Å². The number of allylic oxidation sites excluding steroid dienone is 2. The van der Waals surface area contributed by atoms with Gasteiger partial charge in [0.05, 0.1) is 0 Å². The van der Waals surface area contributed by atoms with Gasteiger partial charge in [0.2, 0.25) is 0 Å². The Hall–Kier alpha value is -0.610. The summed E-state index contributed by atoms with van der Waals surface area (Å²) in [5.74, 6) is 0. The molecule has 1 atom stereocenters. The molecule has 19 heavy (non-hydrogen) atoms. The molecule has 0 amide bonds. The Morgan fingerprint density at radius 1 is 0.947 bits per heavy atom. The lowest BCUT2D eigenvalue weighted by Crippen LogP contribution is -2.01. The van der Waals surface area contributed by atoms with E-state index in [0.717, 1.165) is 0 Å². The number of rotatable bonds is 7. The van der Waals surface area contributed by atoms with Gasteiger partial charge >= 0.3 is 0 Å². The van der Waals surface area contributed by atoms with Gasteiger partial charge in [0.15, 0.2) is 0 Å². The van der Waals surface area contributed by atoms with Crippen LogP contribution in [0.5, 0.6) is 0 Å². The van der Waals surface area contributed by atoms with Crippen LogP contribution in [0.4, 0.5) is 0 Å². The van der Waals surface area contributed by atoms with Gasteiger partial charge in [0.25, 0.3) is 0 Å². The summed E-state index contributed by atoms with van der Waals surface area (Å²) < 4.78 is 0. The van der Waals surface area contributed by atoms with Gasteiger partial charge in [-0.05, 0) is 56.8 Å². The molecule has 1 aromatic rings. The first-order chi connectivity index (χ1) is 9.36. The summed E-state index contributed by atoms with van der Waals surface area (Å²) in [5.41, 5.74) is 1.82. The minimum absolute atomic E-state index is 0.00850. The Morgan fingerprint density at radius 2 is 1.63 bits per heavy atom. The van der Waals surface area contributed by atoms with E-state index in [1.54, 1.807) is 5.30 Å². The summed E-state index contributed by atoms with van der Waals surface area (Å²) in [5, 5.41) is 3.46. The largest absolute Gasteiger partial charge is 0.0658 e. The van der Waals surface area contributed by atoms with Crippen molar-refractivity contribution in [1.29, 1.82) is 0 Å². The van der Waals surface area contributed by atoms with E-state index in [1.165, 1.54) is 51.1 Å². The SMILES string of the molecule is CCCCC1=C(CCCC)P(c2ccccc2)CC1. The third-order valence-electron chi connectivity index (χ3n) is 4.04. The molecule has 1 aliphatic heterocycles. The lowest BCUT2D eigenvalue weighted by Gasteiger charge is -2.17. The molecule has 0 aromatic heterocycles. The van der Waals surface area contributed by atoms with Gasteiger partial charge in [-0.3, -0.25) is 0 Å². The van der Waals surface area contributed by atoms with Gasteiger partial charge in [-0.2, -0.15) is 0 Å². The molecule has 0 saturated carbocycles. The van der Waals surface area contributed by atoms with Crippen LogP contribution in [0.25, 0.3) is 0 Å². The summed E-state index contributed by atoms with van der Waals surface area (Å²) in [6.45, 7) is 4.62. The van der Waals surface area contributed by atoms with E-state index < -0.39 is 0 Å². The van der Waals surface area contributed by atoms with Crippen LogP contribution < -0.4 is 5.30 Å². The number of hydrogen-bond donors (Lipinski definition) is 0. The molecule has 0 fully saturated rings. The molecule has 0 saturated heterocycles. The maximum Gasteiger partial charge on any atom is -0.0198 e. The average Bonchev–Trinajstić information content (AvgIpc) is 2.86. The Morgan fingerprint density at radius 3 is 2.32 bits per heavy atom. The van der Waals surface area contributed by atoms with Gasteiger partial charge < -0.3 is 0 Å². The molecule has 0 nitrogen and oxygen atoms in total. The van der Waals surface area contributed by atoms with Crippen molar-refractivity contribution < 1.29 is 0 Å². The lowest BCUT2D eigenvalue weighted by molar-refractivity contribution is 0.752. The minimum atomic E-state index is 0.00850. The van der Waals surface area contributed by atoms with Gasteiger partial charge in [0, 0.05) is 0 Å². The molecule has 0 bridgehead atoms. The highest BCUT2D eigenvalue weighted by molar-refractivity contribution is 7.70. The van der Waals surface area contributed by atoms with Crippen LogP contribution in [-0.4, -0.2) is 6.16 Å². The average molecular weight is 274 g/mol. The van der Waals surface area contributed by atoms with E-state index in [2.05, 4.69) is 44.2 Å². The van der Waals surface area contributed by atoms with Gasteiger partial charge in [-0.25, -0.2) is 0 Å². The van der Waals surface area contributed by atoms with Gasteiger partial charge in [-0.1, -0.05) is 62.6 Å². The van der Waals surface area contributed by atoms with Crippen molar-refractivity contribution in [2.45, 2.75) is 58.8 Å². The van der Waals surface area contributed by atoms with Crippen LogP contribution in [0.1, 0.15) is 58.8 Å². The highest BCUT2D eigenvalue weighted by Crippen LogP contribution is 2.55. The smallest absolute Gasteiger partial charge is 0.0198 e. The predicted molar refractivity (Wildman–Crippen MR) is 88.6 cm³/mol. The highest BCUT2D eigenvalue weighted by Gasteiger charge is 2.25. The van der Waals surface area contributed by atoms with Crippen LogP contribution in [0.15, 0.2) is 41.2 Å². The van der Waals surface area contributed by atoms with E-state index in [-0.39, 0.29) is 7.92 Å². The van der Waals surface area contributed by atoms with Crippen LogP contribution in [0, 0.1) is 0 Å². The van der Waals surface area contributed by atoms with Crippen molar-refractivity contribution in [3.63, 3.8) is 0 Å². The van der Waals surface area contributed by atoms with Gasteiger partial charge in [-0.15, -0.1) is 0 Å². The molecule has 1 unspecified atom stereocenters. The highest BCUT2D eigenvalue weighted by atomic mass is 31.1. The van der Waals surface area contributed by atoms with Gasteiger partial charge in [0.1, 0.15) is 0 Å². The molecule has 1 aromatic carbocycles. The normalized spacial score (nSPS) is 19.2. The molecule has 1 heteroatoms. The molecule has 104 valence electrons. The fraction of sp³-hybridized carbons (Fsp3) is 0.556. The molecule has 0 N–H and O–H groups in total. The van der Waals surface area contributed by atoms with Crippen LogP contribution in [0.3, 0.4) is 0 Å². The summed E-state index contributed by atoms with van der Waals surface area (Å²) in [6, 6.07) is 11.3. The molecule has 1 aliphatic rings. The van der Waals surface area contributed by atoms with E-state index >= 15 is 0 Å². The summed E-state index contributed by atoms with van der Waals surface area (Å²) in [4.78, 5) is 0. The minimum Gasteiger partial charge on any atom is -0.0658 e. The lowest BCUT2D eigenvalue weighted by atomic mass is 10.0. The van der Waals surface area contributed by atoms with Crippen molar-refractivity contribution in [2.75, 3.05) is 6.16 Å². The molecule has 0 aliphatic carbocycles. The first-order valence-electron chi connectivity index (χ1n) is 7.90. The van der Waals surface area contributed by atoms with Crippen molar-refractivity contribution >= 4 is 13.2 Å². The number of unbranched alkanes of at least 4 members (excludes halogenated alkanes) is 2. The maximum absolute atomic E-state index is 2.35. The second-order valence-electron chi connectivity index (χ2n) is 5.49. The fourth-order valence-corrected chi connectivity index (χ4v) is 5.82. The maximum atomic E-state index is 2.35. The van der Waals surface area contributed by atoms with Crippen LogP contribution in [0.2, 0.25) is 0 Å². The molecular formula is C18H27P. The first-order valence-corrected chi connectivity index (χ1v) is 9.43. The zero-order chi connectivity index (χ0) is 13.5. The predicted octanol–water partition coefficient (Wildman–Crippen LogP) is 5.83. The third-order valence-corrected chi connectivity index (χ3v) is 6.82. The number of benzene rings is 1. The number of hydrogen-bond acceptors (Lipinski definition) is 0. The Balaban J connectivity index is 2.16. The van der Waals surface area contributed by atoms with Crippen LogP contribution >= 0.6 is 7.92 Å². The van der Waals surface area contributed by atoms with Crippen molar-refractivity contribution in [3.8, 4) is 0 Å². The zero-order valence-corrected chi connectivity index (χ0v) is 13.4. The second-order valence-corrected chi connectivity index (χ2v) is 7.85. The van der Waals surface area contributed by atoms with Crippen molar-refractivity contribution in [2.24, 2.45) is 0 Å². The zero-order valence-electron chi connectivity index (χ0n) is 12.5. The molecule has 2 rings (SSSR count). The van der Waals surface area contributed by atoms with Crippen molar-refractivity contribution in [1.82, 2.24) is 0 Å². The summed E-state index contributed by atoms with van der Waals surface area (Å²) >= 11 is 0. The molecule has 0 spiro atoms. The van der Waals surface area contributed by atoms with Crippen molar-refractivity contribution in [3.05, 3.63) is 41.2 Å². The fourth-order valence-electron chi connectivity index (χ4n) is 2.93. The molecule has 1 heterocycles. The third kappa shape index (κ3) is 3.93. The second kappa shape index (κ2) is 7.85. The Bertz CT molecular complexity index is 405. The standard InChI is InChI=1S/C18H27P/c1-3-5-10-16-14-15-19(18(16)13-6-4-2)17-11-8-7-9-12-17/h7-9,11-12H,3-6,10,13-15H2,1-2H3. The van der Waals surface area contributed by atoms with Crippen LogP contribution in [-0.2, 0) is 0 Å². The Kier molecular flexibility index (Phi) is 6.11. The summed E-state index contributed by atoms with van der Waals surface area (Å²) in [6.07, 6.45) is 10.9. The van der Waals surface area contributed by atoms with E-state index in [9.17, 15) is 0 Å². The topological polar surface area (TPSA) is 0 Å².